The first-order chi connectivity index (χ1) is 8.74. The Kier molecular flexibility index (Phi) is 2.93. The van der Waals surface area contributed by atoms with E-state index in [0.717, 1.165) is 11.3 Å². The van der Waals surface area contributed by atoms with E-state index in [-0.39, 0.29) is 16.5 Å². The second-order valence-corrected chi connectivity index (χ2v) is 4.46. The van der Waals surface area contributed by atoms with Gasteiger partial charge in [-0.05, 0) is 17.7 Å². The molecule has 18 heavy (non-hydrogen) atoms. The number of hydrogen-bond acceptors (Lipinski definition) is 5. The normalized spacial score (nSPS) is 17.1. The van der Waals surface area contributed by atoms with Crippen molar-refractivity contribution in [1.82, 2.24) is 15.2 Å². The first kappa shape index (κ1) is 11.5. The van der Waals surface area contributed by atoms with E-state index in [9.17, 15) is 0 Å². The number of para-hydroxylation sites is 1. The fourth-order valence-electron chi connectivity index (χ4n) is 1.83. The van der Waals surface area contributed by atoms with Gasteiger partial charge in [0.25, 0.3) is 0 Å². The summed E-state index contributed by atoms with van der Waals surface area (Å²) >= 11 is 11.6. The Morgan fingerprint density at radius 1 is 1.22 bits per heavy atom. The van der Waals surface area contributed by atoms with Crippen molar-refractivity contribution in [2.24, 2.45) is 0 Å². The van der Waals surface area contributed by atoms with Crippen molar-refractivity contribution in [3.8, 4) is 5.75 Å². The van der Waals surface area contributed by atoms with Crippen LogP contribution in [0.15, 0.2) is 24.3 Å². The Bertz CT molecular complexity index is 593. The minimum absolute atomic E-state index is 0.0218. The van der Waals surface area contributed by atoms with E-state index in [4.69, 9.17) is 27.9 Å². The summed E-state index contributed by atoms with van der Waals surface area (Å²) in [5.74, 6) is 1.27. The quantitative estimate of drug-likeness (QED) is 0.918. The van der Waals surface area contributed by atoms with Crippen LogP contribution < -0.4 is 10.1 Å². The van der Waals surface area contributed by atoms with Crippen molar-refractivity contribution < 1.29 is 4.74 Å². The molecule has 92 valence electrons. The summed E-state index contributed by atoms with van der Waals surface area (Å²) in [6.45, 7) is 0.511. The molecule has 0 aliphatic carbocycles. The Hall–Kier alpha value is -1.59. The predicted molar refractivity (Wildman–Crippen MR) is 68.1 cm³/mol. The molecule has 0 spiro atoms. The Morgan fingerprint density at radius 2 is 2.06 bits per heavy atom. The van der Waals surface area contributed by atoms with E-state index in [2.05, 4.69) is 20.5 Å². The number of nitrogens with one attached hydrogen (secondary N) is 1. The molecule has 2 heterocycles. The highest BCUT2D eigenvalue weighted by Gasteiger charge is 2.24. The first-order valence-corrected chi connectivity index (χ1v) is 6.03. The molecule has 1 aliphatic heterocycles. The van der Waals surface area contributed by atoms with Crippen LogP contribution in [-0.2, 0) is 0 Å². The monoisotopic (exact) mass is 282 g/mol. The van der Waals surface area contributed by atoms with Gasteiger partial charge in [-0.25, -0.2) is 0 Å². The lowest BCUT2D eigenvalue weighted by molar-refractivity contribution is 0.339. The van der Waals surface area contributed by atoms with Crippen LogP contribution in [0.4, 0.5) is 5.82 Å². The van der Waals surface area contributed by atoms with Crippen LogP contribution >= 0.6 is 23.2 Å². The third-order valence-corrected chi connectivity index (χ3v) is 3.05. The molecule has 0 amide bonds. The Balaban J connectivity index is 1.88. The molecule has 1 aromatic carbocycles. The summed E-state index contributed by atoms with van der Waals surface area (Å²) in [6, 6.07) is 7.77. The van der Waals surface area contributed by atoms with Crippen molar-refractivity contribution in [2.45, 2.75) is 6.04 Å². The van der Waals surface area contributed by atoms with Crippen LogP contribution in [0.5, 0.6) is 5.75 Å². The molecule has 0 saturated carbocycles. The van der Waals surface area contributed by atoms with Crippen LogP contribution in [0, 0.1) is 0 Å². The van der Waals surface area contributed by atoms with Gasteiger partial charge in [0, 0.05) is 5.56 Å². The third-order valence-electron chi connectivity index (χ3n) is 2.63. The molecule has 1 unspecified atom stereocenters. The summed E-state index contributed by atoms with van der Waals surface area (Å²) in [5.41, 5.74) is 1.06. The van der Waals surface area contributed by atoms with Gasteiger partial charge in [0.1, 0.15) is 12.4 Å². The molecule has 0 bridgehead atoms. The van der Waals surface area contributed by atoms with Crippen molar-refractivity contribution in [3.05, 3.63) is 40.3 Å². The maximum Gasteiger partial charge on any atom is 0.245 e. The lowest BCUT2D eigenvalue weighted by Crippen LogP contribution is -2.14. The van der Waals surface area contributed by atoms with Gasteiger partial charge >= 0.3 is 0 Å². The van der Waals surface area contributed by atoms with Gasteiger partial charge < -0.3 is 10.1 Å². The average Bonchev–Trinajstić information content (AvgIpc) is 2.78. The molecule has 0 saturated heterocycles. The van der Waals surface area contributed by atoms with E-state index in [1.165, 1.54) is 0 Å². The maximum absolute atomic E-state index is 5.90. The second-order valence-electron chi connectivity index (χ2n) is 3.77. The standard InChI is InChI=1S/C11H8Cl2N4O/c12-9-10(15-11(13)17-16-9)14-7-5-18-8-4-2-1-3-6(7)8/h1-4,7H,5H2,(H,14,15,17). The zero-order valence-electron chi connectivity index (χ0n) is 9.10. The Morgan fingerprint density at radius 3 is 2.94 bits per heavy atom. The highest BCUT2D eigenvalue weighted by atomic mass is 35.5. The molecular weight excluding hydrogens is 275 g/mol. The van der Waals surface area contributed by atoms with Crippen LogP contribution in [0.3, 0.4) is 0 Å². The Labute approximate surface area is 113 Å². The summed E-state index contributed by atoms with van der Waals surface area (Å²) in [7, 11) is 0. The van der Waals surface area contributed by atoms with Crippen LogP contribution in [0.25, 0.3) is 0 Å². The van der Waals surface area contributed by atoms with Gasteiger partial charge in [-0.2, -0.15) is 4.98 Å². The molecule has 1 aliphatic rings. The van der Waals surface area contributed by atoms with Crippen LogP contribution in [0.1, 0.15) is 11.6 Å². The number of fused-ring (bicyclic) bond motifs is 1. The second kappa shape index (κ2) is 4.59. The molecule has 1 atom stereocenters. The molecule has 1 aromatic heterocycles. The van der Waals surface area contributed by atoms with Crippen molar-refractivity contribution in [3.63, 3.8) is 0 Å². The van der Waals surface area contributed by atoms with Gasteiger partial charge in [0.15, 0.2) is 11.0 Å². The fraction of sp³-hybridized carbons (Fsp3) is 0.182. The number of benzene rings is 1. The molecular formula is C11H8Cl2N4O. The largest absolute Gasteiger partial charge is 0.491 e. The van der Waals surface area contributed by atoms with Gasteiger partial charge in [-0.1, -0.05) is 29.8 Å². The average molecular weight is 283 g/mol. The third kappa shape index (κ3) is 2.07. The number of halogens is 2. The molecule has 2 aromatic rings. The molecule has 0 radical (unpaired) electrons. The smallest absolute Gasteiger partial charge is 0.245 e. The lowest BCUT2D eigenvalue weighted by atomic mass is 10.1. The van der Waals surface area contributed by atoms with Gasteiger partial charge in [-0.3, -0.25) is 0 Å². The molecule has 7 heteroatoms. The summed E-state index contributed by atoms with van der Waals surface area (Å²) in [6.07, 6.45) is 0. The van der Waals surface area contributed by atoms with Crippen LogP contribution in [-0.4, -0.2) is 21.8 Å². The van der Waals surface area contributed by atoms with Crippen molar-refractivity contribution in [2.75, 3.05) is 11.9 Å². The zero-order chi connectivity index (χ0) is 12.5. The van der Waals surface area contributed by atoms with E-state index >= 15 is 0 Å². The number of aromatic nitrogens is 3. The van der Waals surface area contributed by atoms with Crippen LogP contribution in [0.2, 0.25) is 10.4 Å². The molecule has 5 nitrogen and oxygen atoms in total. The van der Waals surface area contributed by atoms with E-state index in [1.807, 2.05) is 24.3 Å². The fourth-order valence-corrected chi connectivity index (χ4v) is 2.09. The summed E-state index contributed by atoms with van der Waals surface area (Å²) < 4.78 is 5.55. The van der Waals surface area contributed by atoms with Gasteiger partial charge in [-0.15, -0.1) is 10.2 Å². The topological polar surface area (TPSA) is 59.9 Å². The van der Waals surface area contributed by atoms with E-state index < -0.39 is 0 Å². The van der Waals surface area contributed by atoms with E-state index in [1.54, 1.807) is 0 Å². The highest BCUT2D eigenvalue weighted by Crippen LogP contribution is 2.34. The number of ether oxygens (including phenoxy) is 1. The number of hydrogen-bond donors (Lipinski definition) is 1. The number of nitrogens with zero attached hydrogens (tertiary/aromatic N) is 3. The van der Waals surface area contributed by atoms with Crippen molar-refractivity contribution in [1.29, 1.82) is 0 Å². The van der Waals surface area contributed by atoms with Crippen molar-refractivity contribution >= 4 is 29.0 Å². The minimum atomic E-state index is -0.0218. The summed E-state index contributed by atoms with van der Waals surface area (Å²) in [4.78, 5) is 4.00. The minimum Gasteiger partial charge on any atom is -0.491 e. The predicted octanol–water partition coefficient (Wildman–Crippen LogP) is 2.72. The van der Waals surface area contributed by atoms with Gasteiger partial charge in [0.2, 0.25) is 5.28 Å². The maximum atomic E-state index is 5.90. The zero-order valence-corrected chi connectivity index (χ0v) is 10.6. The highest BCUT2D eigenvalue weighted by molar-refractivity contribution is 6.32. The first-order valence-electron chi connectivity index (χ1n) is 5.28. The number of anilines is 1. The molecule has 0 fully saturated rings. The lowest BCUT2D eigenvalue weighted by Gasteiger charge is -2.12. The molecule has 1 N–H and O–H groups in total. The molecule has 3 rings (SSSR count). The SMILES string of the molecule is Clc1nnc(Cl)c(NC2COc3ccccc32)n1. The summed E-state index contributed by atoms with van der Waals surface area (Å²) in [5, 5.41) is 10.6. The van der Waals surface area contributed by atoms with E-state index in [0.29, 0.717) is 12.4 Å². The van der Waals surface area contributed by atoms with Gasteiger partial charge in [0.05, 0.1) is 6.04 Å². The number of rotatable bonds is 2.